The topological polar surface area (TPSA) is 18.5 Å². The van der Waals surface area contributed by atoms with Crippen LogP contribution in [0.5, 0.6) is 0 Å². The number of hydrogen-bond donors (Lipinski definition) is 0. The molecule has 0 spiro atoms. The van der Waals surface area contributed by atoms with Crippen molar-refractivity contribution in [1.29, 1.82) is 0 Å². The zero-order chi connectivity index (χ0) is 19.8. The predicted molar refractivity (Wildman–Crippen MR) is 43.5 cm³/mol. The average molecular weight is 398 g/mol. The highest BCUT2D eigenvalue weighted by molar-refractivity contribution is 4.78. The van der Waals surface area contributed by atoms with Crippen molar-refractivity contribution in [2.24, 2.45) is 0 Å². The van der Waals surface area contributed by atoms with Gasteiger partial charge in [-0.2, -0.15) is 57.1 Å². The number of ether oxygens (including phenoxy) is 2. The quantitative estimate of drug-likeness (QED) is 0.590. The van der Waals surface area contributed by atoms with Gasteiger partial charge in [-0.15, -0.1) is 0 Å². The van der Waals surface area contributed by atoms with Crippen LogP contribution in [0.4, 0.5) is 61.5 Å². The third kappa shape index (κ3) is 6.82. The first-order valence-electron chi connectivity index (χ1n) is 5.14. The van der Waals surface area contributed by atoms with E-state index in [0.717, 1.165) is 0 Å². The average Bonchev–Trinajstić information content (AvgIpc) is 2.22. The SMILES string of the molecule is FC(OC(F)(F)C(F)(F)OC(CC(F)(F)F)C(F)(F)F)C(F)(F)F. The van der Waals surface area contributed by atoms with Crippen LogP contribution < -0.4 is 0 Å². The van der Waals surface area contributed by atoms with E-state index in [1.807, 2.05) is 4.74 Å². The van der Waals surface area contributed by atoms with Gasteiger partial charge in [-0.1, -0.05) is 0 Å². The summed E-state index contributed by atoms with van der Waals surface area (Å²) in [5.41, 5.74) is 0. The Kier molecular flexibility index (Phi) is 6.39. The third-order valence-corrected chi connectivity index (χ3v) is 1.92. The lowest BCUT2D eigenvalue weighted by atomic mass is 10.2. The standard InChI is InChI=1S/C8H4F14O2/c9-3(6(16,17)18)24-8(21,22)7(19,20)23-2(5(13,14)15)1-4(10,11)12/h2-3H,1H2. The summed E-state index contributed by atoms with van der Waals surface area (Å²) in [5.74, 6) is 0. The summed E-state index contributed by atoms with van der Waals surface area (Å²) in [7, 11) is 0. The molecule has 0 saturated heterocycles. The van der Waals surface area contributed by atoms with Crippen molar-refractivity contribution in [2.45, 2.75) is 49.6 Å². The molecule has 146 valence electrons. The zero-order valence-corrected chi connectivity index (χ0v) is 10.5. The molecule has 2 unspecified atom stereocenters. The minimum atomic E-state index is -6.67. The van der Waals surface area contributed by atoms with Crippen molar-refractivity contribution < 1.29 is 70.9 Å². The second kappa shape index (κ2) is 6.68. The highest BCUT2D eigenvalue weighted by Gasteiger charge is 2.67. The third-order valence-electron chi connectivity index (χ3n) is 1.92. The van der Waals surface area contributed by atoms with Gasteiger partial charge < -0.3 is 4.74 Å². The van der Waals surface area contributed by atoms with Crippen LogP contribution >= 0.6 is 0 Å². The summed E-state index contributed by atoms with van der Waals surface area (Å²) in [5, 5.41) is 0. The Labute approximate surface area is 122 Å². The molecule has 16 heteroatoms. The molecule has 2 atom stereocenters. The molecule has 0 aromatic heterocycles. The van der Waals surface area contributed by atoms with Crippen LogP contribution in [0.25, 0.3) is 0 Å². The van der Waals surface area contributed by atoms with Crippen LogP contribution in [0, 0.1) is 0 Å². The predicted octanol–water partition coefficient (Wildman–Crippen LogP) is 4.95. The smallest absolute Gasteiger partial charge is 0.300 e. The zero-order valence-electron chi connectivity index (χ0n) is 10.5. The second-order valence-corrected chi connectivity index (χ2v) is 3.98. The van der Waals surface area contributed by atoms with Gasteiger partial charge in [-0.25, -0.2) is 4.39 Å². The van der Waals surface area contributed by atoms with Gasteiger partial charge >= 0.3 is 30.7 Å². The molecule has 0 aliphatic rings. The first-order valence-corrected chi connectivity index (χ1v) is 5.14. The van der Waals surface area contributed by atoms with Crippen molar-refractivity contribution in [3.8, 4) is 0 Å². The Morgan fingerprint density at radius 3 is 1.25 bits per heavy atom. The van der Waals surface area contributed by atoms with Crippen LogP contribution in [0.15, 0.2) is 0 Å². The molecule has 0 N–H and O–H groups in total. The summed E-state index contributed by atoms with van der Waals surface area (Å²) in [6.45, 7) is 0. The van der Waals surface area contributed by atoms with Crippen molar-refractivity contribution in [2.75, 3.05) is 0 Å². The molecule has 0 saturated carbocycles. The van der Waals surface area contributed by atoms with E-state index in [0.29, 0.717) is 0 Å². The van der Waals surface area contributed by atoms with Crippen molar-refractivity contribution in [1.82, 2.24) is 0 Å². The van der Waals surface area contributed by atoms with E-state index in [1.54, 1.807) is 0 Å². The van der Waals surface area contributed by atoms with Gasteiger partial charge in [0.15, 0.2) is 6.10 Å². The molecular weight excluding hydrogens is 394 g/mol. The molecule has 0 aromatic rings. The molecule has 0 aliphatic carbocycles. The largest absolute Gasteiger partial charge is 0.451 e. The molecule has 0 rings (SSSR count). The Bertz CT molecular complexity index is 406. The fourth-order valence-corrected chi connectivity index (χ4v) is 0.947. The van der Waals surface area contributed by atoms with E-state index < -0.39 is 49.6 Å². The minimum absolute atomic E-state index is 1.96. The molecular formula is C8H4F14O2. The van der Waals surface area contributed by atoms with Crippen LogP contribution in [0.1, 0.15) is 6.42 Å². The van der Waals surface area contributed by atoms with E-state index in [4.69, 9.17) is 0 Å². The number of halogens is 14. The van der Waals surface area contributed by atoms with Crippen molar-refractivity contribution in [3.05, 3.63) is 0 Å². The summed E-state index contributed by atoms with van der Waals surface area (Å²) in [4.78, 5) is 0. The lowest BCUT2D eigenvalue weighted by molar-refractivity contribution is -0.481. The number of alkyl halides is 14. The highest BCUT2D eigenvalue weighted by Crippen LogP contribution is 2.44. The van der Waals surface area contributed by atoms with Gasteiger partial charge in [-0.3, -0.25) is 4.74 Å². The van der Waals surface area contributed by atoms with E-state index in [2.05, 4.69) is 4.74 Å². The Hall–Kier alpha value is -1.06. The van der Waals surface area contributed by atoms with E-state index in [1.165, 1.54) is 0 Å². The maximum absolute atomic E-state index is 12.8. The summed E-state index contributed by atoms with van der Waals surface area (Å²) >= 11 is 0. The summed E-state index contributed by atoms with van der Waals surface area (Å²) in [6.07, 6.45) is -44.6. The molecule has 0 aliphatic heterocycles. The molecule has 0 bridgehead atoms. The molecule has 0 aromatic carbocycles. The van der Waals surface area contributed by atoms with Crippen LogP contribution in [-0.2, 0) is 9.47 Å². The van der Waals surface area contributed by atoms with Gasteiger partial charge in [0.1, 0.15) is 0 Å². The first kappa shape index (κ1) is 22.9. The fourth-order valence-electron chi connectivity index (χ4n) is 0.947. The normalized spacial score (nSPS) is 17.8. The summed E-state index contributed by atoms with van der Waals surface area (Å²) < 4.78 is 174. The van der Waals surface area contributed by atoms with Crippen molar-refractivity contribution in [3.63, 3.8) is 0 Å². The van der Waals surface area contributed by atoms with E-state index >= 15 is 0 Å². The van der Waals surface area contributed by atoms with Crippen LogP contribution in [-0.4, -0.2) is 43.2 Å². The molecule has 2 nitrogen and oxygen atoms in total. The fraction of sp³-hybridized carbons (Fsp3) is 1.00. The van der Waals surface area contributed by atoms with E-state index in [-0.39, 0.29) is 0 Å². The van der Waals surface area contributed by atoms with Gasteiger partial charge in [-0.05, 0) is 0 Å². The molecule has 24 heavy (non-hydrogen) atoms. The van der Waals surface area contributed by atoms with Crippen LogP contribution in [0.2, 0.25) is 0 Å². The second-order valence-electron chi connectivity index (χ2n) is 3.98. The molecule has 0 radical (unpaired) electrons. The summed E-state index contributed by atoms with van der Waals surface area (Å²) in [6, 6.07) is 0. The molecule has 0 amide bonds. The Balaban J connectivity index is 5.38. The minimum Gasteiger partial charge on any atom is -0.300 e. The van der Waals surface area contributed by atoms with Gasteiger partial charge in [0.2, 0.25) is 0 Å². The highest BCUT2D eigenvalue weighted by atomic mass is 19.4. The van der Waals surface area contributed by atoms with Gasteiger partial charge in [0, 0.05) is 0 Å². The van der Waals surface area contributed by atoms with E-state index in [9.17, 15) is 61.5 Å². The molecule has 0 heterocycles. The lowest BCUT2D eigenvalue weighted by Crippen LogP contribution is -2.53. The number of rotatable bonds is 6. The lowest BCUT2D eigenvalue weighted by Gasteiger charge is -2.31. The van der Waals surface area contributed by atoms with Crippen molar-refractivity contribution >= 4 is 0 Å². The maximum Gasteiger partial charge on any atom is 0.451 e. The maximum atomic E-state index is 12.8. The monoisotopic (exact) mass is 398 g/mol. The Morgan fingerprint density at radius 1 is 0.583 bits per heavy atom. The number of hydrogen-bond acceptors (Lipinski definition) is 2. The Morgan fingerprint density at radius 2 is 0.958 bits per heavy atom. The van der Waals surface area contributed by atoms with Gasteiger partial charge in [0.25, 0.3) is 6.36 Å². The first-order chi connectivity index (χ1) is 10.2. The van der Waals surface area contributed by atoms with Crippen LogP contribution in [0.3, 0.4) is 0 Å². The molecule has 0 fully saturated rings. The van der Waals surface area contributed by atoms with Gasteiger partial charge in [0.05, 0.1) is 6.42 Å².